The molecule has 1 aromatic rings. The highest BCUT2D eigenvalue weighted by atomic mass is 16.5. The standard InChI is InChI=1S/C26H39N3O3/c1-18(27-2)25(30)28-24(19-9-4-3-5-10-19)26(31)29-14-8-13-22(29)17-32-23-15-20-11-6-7-12-21(20)16-23/h6-7,11-12,18-19,22-24,27H,3-5,8-10,13-17H2,1-2H3,(H,28,30)/t18?,22-,24-/m0/s1. The van der Waals surface area contributed by atoms with E-state index in [0.29, 0.717) is 6.61 Å². The molecule has 2 aliphatic carbocycles. The number of nitrogens with zero attached hydrogens (tertiary/aromatic N) is 1. The fourth-order valence-corrected chi connectivity index (χ4v) is 5.62. The summed E-state index contributed by atoms with van der Waals surface area (Å²) in [7, 11) is 1.77. The zero-order chi connectivity index (χ0) is 22.5. The SMILES string of the molecule is CNC(C)C(=O)N[C@H](C(=O)N1CCC[C@H]1COC1Cc2ccccc2C1)C1CCCCC1. The van der Waals surface area contributed by atoms with Crippen molar-refractivity contribution in [3.63, 3.8) is 0 Å². The molecule has 0 radical (unpaired) electrons. The first-order valence-electron chi connectivity index (χ1n) is 12.5. The Morgan fingerprint density at radius 1 is 1.06 bits per heavy atom. The molecule has 6 heteroatoms. The number of amides is 2. The Hall–Kier alpha value is -1.92. The minimum absolute atomic E-state index is 0.0906. The van der Waals surface area contributed by atoms with E-state index in [1.165, 1.54) is 17.5 Å². The summed E-state index contributed by atoms with van der Waals surface area (Å²) in [5.41, 5.74) is 2.77. The fourth-order valence-electron chi connectivity index (χ4n) is 5.62. The van der Waals surface area contributed by atoms with E-state index >= 15 is 0 Å². The minimum Gasteiger partial charge on any atom is -0.375 e. The largest absolute Gasteiger partial charge is 0.375 e. The van der Waals surface area contributed by atoms with E-state index in [0.717, 1.165) is 57.9 Å². The van der Waals surface area contributed by atoms with Gasteiger partial charge in [-0.2, -0.15) is 0 Å². The Kier molecular flexibility index (Phi) is 7.84. The number of fused-ring (bicyclic) bond motifs is 1. The summed E-state index contributed by atoms with van der Waals surface area (Å²) in [5.74, 6) is 0.234. The van der Waals surface area contributed by atoms with E-state index in [4.69, 9.17) is 4.74 Å². The number of likely N-dealkylation sites (N-methyl/N-ethyl adjacent to an activating group) is 1. The Labute approximate surface area is 192 Å². The molecule has 32 heavy (non-hydrogen) atoms. The first kappa shape index (κ1) is 23.2. The van der Waals surface area contributed by atoms with Crippen molar-refractivity contribution in [2.75, 3.05) is 20.2 Å². The fraction of sp³-hybridized carbons (Fsp3) is 0.692. The van der Waals surface area contributed by atoms with E-state index in [1.54, 1.807) is 7.05 Å². The summed E-state index contributed by atoms with van der Waals surface area (Å²) in [6, 6.07) is 7.93. The molecule has 3 atom stereocenters. The molecule has 1 unspecified atom stereocenters. The topological polar surface area (TPSA) is 70.7 Å². The van der Waals surface area contributed by atoms with Crippen molar-refractivity contribution in [3.05, 3.63) is 35.4 Å². The van der Waals surface area contributed by atoms with Gasteiger partial charge in [0.1, 0.15) is 6.04 Å². The van der Waals surface area contributed by atoms with Gasteiger partial charge in [-0.3, -0.25) is 9.59 Å². The Balaban J connectivity index is 1.38. The van der Waals surface area contributed by atoms with Gasteiger partial charge in [0.05, 0.1) is 24.8 Å². The second kappa shape index (κ2) is 10.8. The molecule has 2 amide bonds. The summed E-state index contributed by atoms with van der Waals surface area (Å²) < 4.78 is 6.32. The summed E-state index contributed by atoms with van der Waals surface area (Å²) in [6.07, 6.45) is 9.63. The second-order valence-corrected chi connectivity index (χ2v) is 9.85. The van der Waals surface area contributed by atoms with Crippen LogP contribution >= 0.6 is 0 Å². The lowest BCUT2D eigenvalue weighted by atomic mass is 9.83. The third-order valence-corrected chi connectivity index (χ3v) is 7.71. The van der Waals surface area contributed by atoms with Crippen LogP contribution in [0.25, 0.3) is 0 Å². The molecule has 1 aliphatic heterocycles. The number of rotatable bonds is 8. The highest BCUT2D eigenvalue weighted by molar-refractivity contribution is 5.90. The summed E-state index contributed by atoms with van der Waals surface area (Å²) in [4.78, 5) is 28.4. The molecule has 2 fully saturated rings. The molecule has 1 heterocycles. The number of carbonyl (C=O) groups excluding carboxylic acids is 2. The highest BCUT2D eigenvalue weighted by Gasteiger charge is 2.39. The van der Waals surface area contributed by atoms with Crippen LogP contribution < -0.4 is 10.6 Å². The average molecular weight is 442 g/mol. The predicted molar refractivity (Wildman–Crippen MR) is 125 cm³/mol. The molecule has 0 spiro atoms. The smallest absolute Gasteiger partial charge is 0.245 e. The first-order valence-corrected chi connectivity index (χ1v) is 12.5. The maximum Gasteiger partial charge on any atom is 0.245 e. The lowest BCUT2D eigenvalue weighted by Gasteiger charge is -2.35. The van der Waals surface area contributed by atoms with Gasteiger partial charge >= 0.3 is 0 Å². The quantitative estimate of drug-likeness (QED) is 0.651. The van der Waals surface area contributed by atoms with Gasteiger partial charge in [-0.05, 0) is 69.5 Å². The van der Waals surface area contributed by atoms with Gasteiger partial charge in [0.25, 0.3) is 0 Å². The van der Waals surface area contributed by atoms with Crippen LogP contribution in [0.2, 0.25) is 0 Å². The molecule has 1 saturated heterocycles. The van der Waals surface area contributed by atoms with E-state index < -0.39 is 6.04 Å². The number of nitrogens with one attached hydrogen (secondary N) is 2. The number of likely N-dealkylation sites (tertiary alicyclic amines) is 1. The van der Waals surface area contributed by atoms with Crippen LogP contribution in [-0.4, -0.2) is 61.1 Å². The number of hydrogen-bond acceptors (Lipinski definition) is 4. The maximum atomic E-state index is 13.7. The van der Waals surface area contributed by atoms with Crippen LogP contribution in [0.15, 0.2) is 24.3 Å². The van der Waals surface area contributed by atoms with Gasteiger partial charge in [-0.25, -0.2) is 0 Å². The molecule has 6 nitrogen and oxygen atoms in total. The summed E-state index contributed by atoms with van der Waals surface area (Å²) in [5, 5.41) is 6.10. The minimum atomic E-state index is -0.421. The molecule has 3 aliphatic rings. The molecule has 176 valence electrons. The predicted octanol–water partition coefficient (Wildman–Crippen LogP) is 2.83. The number of carbonyl (C=O) groups is 2. The van der Waals surface area contributed by atoms with Crippen LogP contribution in [0.3, 0.4) is 0 Å². The van der Waals surface area contributed by atoms with Crippen LogP contribution in [0, 0.1) is 5.92 Å². The summed E-state index contributed by atoms with van der Waals surface area (Å²) >= 11 is 0. The second-order valence-electron chi connectivity index (χ2n) is 9.85. The normalized spacial score (nSPS) is 23.7. The average Bonchev–Trinajstić information content (AvgIpc) is 3.47. The zero-order valence-electron chi connectivity index (χ0n) is 19.6. The van der Waals surface area contributed by atoms with Crippen molar-refractivity contribution in [1.29, 1.82) is 0 Å². The van der Waals surface area contributed by atoms with Crippen molar-refractivity contribution in [1.82, 2.24) is 15.5 Å². The Morgan fingerprint density at radius 3 is 2.41 bits per heavy atom. The van der Waals surface area contributed by atoms with Crippen LogP contribution in [0.1, 0.15) is 63.0 Å². The van der Waals surface area contributed by atoms with Crippen LogP contribution in [-0.2, 0) is 27.2 Å². The van der Waals surface area contributed by atoms with Crippen molar-refractivity contribution >= 4 is 11.8 Å². The van der Waals surface area contributed by atoms with Gasteiger partial charge in [0.15, 0.2) is 0 Å². The van der Waals surface area contributed by atoms with Gasteiger partial charge < -0.3 is 20.3 Å². The molecule has 0 bridgehead atoms. The van der Waals surface area contributed by atoms with Gasteiger partial charge in [0, 0.05) is 6.54 Å². The van der Waals surface area contributed by atoms with E-state index in [2.05, 4.69) is 34.9 Å². The molecule has 2 N–H and O–H groups in total. The molecular formula is C26H39N3O3. The van der Waals surface area contributed by atoms with Crippen molar-refractivity contribution in [3.8, 4) is 0 Å². The molecule has 1 aromatic carbocycles. The zero-order valence-corrected chi connectivity index (χ0v) is 19.6. The first-order chi connectivity index (χ1) is 15.6. The lowest BCUT2D eigenvalue weighted by Crippen LogP contribution is -2.57. The van der Waals surface area contributed by atoms with E-state index in [-0.39, 0.29) is 35.9 Å². The number of hydrogen-bond donors (Lipinski definition) is 2. The monoisotopic (exact) mass is 441 g/mol. The third-order valence-electron chi connectivity index (χ3n) is 7.71. The Morgan fingerprint density at radius 2 is 1.75 bits per heavy atom. The number of ether oxygens (including phenoxy) is 1. The maximum absolute atomic E-state index is 13.7. The van der Waals surface area contributed by atoms with Gasteiger partial charge in [-0.1, -0.05) is 43.5 Å². The van der Waals surface area contributed by atoms with Crippen molar-refractivity contribution in [2.45, 2.75) is 88.9 Å². The van der Waals surface area contributed by atoms with Crippen molar-refractivity contribution < 1.29 is 14.3 Å². The lowest BCUT2D eigenvalue weighted by molar-refractivity contribution is -0.140. The molecule has 4 rings (SSSR count). The van der Waals surface area contributed by atoms with Crippen molar-refractivity contribution in [2.24, 2.45) is 5.92 Å². The summed E-state index contributed by atoms with van der Waals surface area (Å²) in [6.45, 7) is 3.19. The van der Waals surface area contributed by atoms with Gasteiger partial charge in [-0.15, -0.1) is 0 Å². The third kappa shape index (κ3) is 5.34. The number of benzene rings is 1. The van der Waals surface area contributed by atoms with Crippen LogP contribution in [0.4, 0.5) is 0 Å². The highest BCUT2D eigenvalue weighted by Crippen LogP contribution is 2.30. The molecule has 0 aromatic heterocycles. The van der Waals surface area contributed by atoms with Crippen LogP contribution in [0.5, 0.6) is 0 Å². The van der Waals surface area contributed by atoms with E-state index in [1.807, 2.05) is 11.8 Å². The van der Waals surface area contributed by atoms with Gasteiger partial charge in [0.2, 0.25) is 11.8 Å². The Bertz CT molecular complexity index is 767. The van der Waals surface area contributed by atoms with E-state index in [9.17, 15) is 9.59 Å². The molecule has 1 saturated carbocycles. The molecular weight excluding hydrogens is 402 g/mol.